The number of hydrogen-bond acceptors (Lipinski definition) is 4. The van der Waals surface area contributed by atoms with Gasteiger partial charge in [-0.3, -0.25) is 4.98 Å². The quantitative estimate of drug-likeness (QED) is 0.342. The number of nitrogen functional groups attached to an aromatic ring is 1. The molecule has 3 heterocycles. The zero-order valence-corrected chi connectivity index (χ0v) is 19.8. The van der Waals surface area contributed by atoms with E-state index in [1.807, 2.05) is 18.3 Å². The maximum absolute atomic E-state index is 5.65. The van der Waals surface area contributed by atoms with Gasteiger partial charge < -0.3 is 10.3 Å². The predicted octanol–water partition coefficient (Wildman–Crippen LogP) is 6.09. The van der Waals surface area contributed by atoms with Crippen molar-refractivity contribution in [2.24, 2.45) is 5.92 Å². The summed E-state index contributed by atoms with van der Waals surface area (Å²) in [5.74, 6) is 0.669. The molecule has 3 aromatic heterocycles. The van der Waals surface area contributed by atoms with Crippen molar-refractivity contribution < 1.29 is 0 Å². The van der Waals surface area contributed by atoms with Crippen LogP contribution in [-0.4, -0.2) is 19.5 Å². The fraction of sp³-hybridized carbons (Fsp3) is 0.207. The highest BCUT2D eigenvalue weighted by molar-refractivity contribution is 5.86. The highest BCUT2D eigenvalue weighted by Crippen LogP contribution is 2.43. The maximum Gasteiger partial charge on any atom is 0.219 e. The Morgan fingerprint density at radius 1 is 0.853 bits per heavy atom. The molecule has 0 amide bonds. The minimum absolute atomic E-state index is 0.175. The van der Waals surface area contributed by atoms with Gasteiger partial charge in [0.15, 0.2) is 0 Å². The highest BCUT2D eigenvalue weighted by Gasteiger charge is 2.35. The summed E-state index contributed by atoms with van der Waals surface area (Å²) in [5, 5.41) is 1.28. The summed E-state index contributed by atoms with van der Waals surface area (Å²) in [6.07, 6.45) is 7.71. The molecule has 5 rings (SSSR count). The van der Waals surface area contributed by atoms with Gasteiger partial charge >= 0.3 is 0 Å². The zero-order valence-electron chi connectivity index (χ0n) is 19.8. The largest absolute Gasteiger partial charge is 0.368 e. The Bertz CT molecular complexity index is 1400. The van der Waals surface area contributed by atoms with E-state index in [1.165, 1.54) is 22.0 Å². The molecule has 2 aromatic carbocycles. The van der Waals surface area contributed by atoms with Crippen molar-refractivity contribution in [2.45, 2.75) is 32.7 Å². The van der Waals surface area contributed by atoms with E-state index >= 15 is 0 Å². The molecule has 0 saturated carbocycles. The summed E-state index contributed by atoms with van der Waals surface area (Å²) in [6, 6.07) is 23.5. The zero-order chi connectivity index (χ0) is 23.7. The lowest BCUT2D eigenvalue weighted by atomic mass is 9.68. The number of pyridine rings is 1. The topological polar surface area (TPSA) is 69.6 Å². The lowest BCUT2D eigenvalue weighted by Crippen LogP contribution is -2.30. The molecular weight excluding hydrogens is 418 g/mol. The average Bonchev–Trinajstić information content (AvgIpc) is 3.23. The molecule has 5 heteroatoms. The Hall–Kier alpha value is -3.99. The fourth-order valence-corrected chi connectivity index (χ4v) is 4.75. The Morgan fingerprint density at radius 2 is 1.56 bits per heavy atom. The number of nitrogens with zero attached hydrogens (tertiary/aromatic N) is 4. The average molecular weight is 448 g/mol. The number of para-hydroxylation sites is 1. The molecule has 34 heavy (non-hydrogen) atoms. The van der Waals surface area contributed by atoms with Gasteiger partial charge in [0.2, 0.25) is 5.95 Å². The van der Waals surface area contributed by atoms with Crippen LogP contribution in [0.15, 0.2) is 91.5 Å². The Morgan fingerprint density at radius 3 is 2.24 bits per heavy atom. The van der Waals surface area contributed by atoms with Crippen LogP contribution in [0.5, 0.6) is 0 Å². The van der Waals surface area contributed by atoms with Gasteiger partial charge in [-0.1, -0.05) is 69.3 Å². The Balaban J connectivity index is 1.60. The Kier molecular flexibility index (Phi) is 5.62. The van der Waals surface area contributed by atoms with Gasteiger partial charge in [0.25, 0.3) is 0 Å². The summed E-state index contributed by atoms with van der Waals surface area (Å²) in [6.45, 7) is 7.69. The molecule has 170 valence electrons. The molecular formula is C29H29N5. The van der Waals surface area contributed by atoms with Crippen LogP contribution in [0.3, 0.4) is 0 Å². The lowest BCUT2D eigenvalue weighted by molar-refractivity contribution is 0.407. The predicted molar refractivity (Wildman–Crippen MR) is 138 cm³/mol. The molecule has 0 aliphatic rings. The van der Waals surface area contributed by atoms with Crippen molar-refractivity contribution in [3.05, 3.63) is 108 Å². The summed E-state index contributed by atoms with van der Waals surface area (Å²) >= 11 is 0. The van der Waals surface area contributed by atoms with E-state index in [0.717, 1.165) is 23.4 Å². The van der Waals surface area contributed by atoms with Gasteiger partial charge in [0.1, 0.15) is 0 Å². The molecule has 0 aliphatic heterocycles. The first-order valence-electron chi connectivity index (χ1n) is 11.6. The molecule has 0 radical (unpaired) electrons. The van der Waals surface area contributed by atoms with Gasteiger partial charge in [-0.25, -0.2) is 9.97 Å². The molecule has 0 spiro atoms. The molecule has 0 aliphatic carbocycles. The van der Waals surface area contributed by atoms with Gasteiger partial charge in [0, 0.05) is 46.7 Å². The SMILES string of the molecule is CC(C)C(C)(c1ccc(-c2cnc(N)nc2)cc1)c1cn(Cc2ccccn2)c2ccccc12. The smallest absolute Gasteiger partial charge is 0.219 e. The van der Waals surface area contributed by atoms with Crippen molar-refractivity contribution in [1.29, 1.82) is 0 Å². The van der Waals surface area contributed by atoms with Gasteiger partial charge in [-0.15, -0.1) is 0 Å². The molecule has 1 unspecified atom stereocenters. The molecule has 5 aromatic rings. The van der Waals surface area contributed by atoms with Crippen LogP contribution in [0.1, 0.15) is 37.6 Å². The second-order valence-electron chi connectivity index (χ2n) is 9.27. The highest BCUT2D eigenvalue weighted by atomic mass is 15.0. The van der Waals surface area contributed by atoms with Crippen molar-refractivity contribution in [3.8, 4) is 11.1 Å². The minimum atomic E-state index is -0.175. The van der Waals surface area contributed by atoms with Gasteiger partial charge in [-0.2, -0.15) is 0 Å². The molecule has 0 saturated heterocycles. The molecule has 0 bridgehead atoms. The first kappa shape index (κ1) is 21.8. The van der Waals surface area contributed by atoms with E-state index in [4.69, 9.17) is 5.73 Å². The number of anilines is 1. The van der Waals surface area contributed by atoms with Crippen LogP contribution in [0.2, 0.25) is 0 Å². The number of nitrogens with two attached hydrogens (primary N) is 1. The minimum Gasteiger partial charge on any atom is -0.368 e. The van der Waals surface area contributed by atoms with Crippen LogP contribution in [-0.2, 0) is 12.0 Å². The normalized spacial score (nSPS) is 13.3. The van der Waals surface area contributed by atoms with E-state index in [9.17, 15) is 0 Å². The van der Waals surface area contributed by atoms with Crippen molar-refractivity contribution in [3.63, 3.8) is 0 Å². The number of benzene rings is 2. The molecule has 2 N–H and O–H groups in total. The van der Waals surface area contributed by atoms with Crippen molar-refractivity contribution in [1.82, 2.24) is 19.5 Å². The van der Waals surface area contributed by atoms with Crippen LogP contribution in [0.25, 0.3) is 22.0 Å². The summed E-state index contributed by atoms with van der Waals surface area (Å²) in [5.41, 5.74) is 12.4. The number of fused-ring (bicyclic) bond motifs is 1. The second-order valence-corrected chi connectivity index (χ2v) is 9.27. The van der Waals surface area contributed by atoms with Crippen molar-refractivity contribution >= 4 is 16.9 Å². The van der Waals surface area contributed by atoms with E-state index in [0.29, 0.717) is 5.92 Å². The summed E-state index contributed by atoms with van der Waals surface area (Å²) in [4.78, 5) is 12.8. The van der Waals surface area contributed by atoms with E-state index in [2.05, 4.69) is 101 Å². The van der Waals surface area contributed by atoms with Crippen LogP contribution in [0.4, 0.5) is 5.95 Å². The molecule has 1 atom stereocenters. The summed E-state index contributed by atoms with van der Waals surface area (Å²) in [7, 11) is 0. The van der Waals surface area contributed by atoms with Gasteiger partial charge in [-0.05, 0) is 40.8 Å². The Labute approximate surface area is 200 Å². The van der Waals surface area contributed by atoms with Crippen LogP contribution >= 0.6 is 0 Å². The standard InChI is InChI=1S/C29H29N5/c1-20(2)29(3,23-13-11-21(12-14-23)22-16-32-28(30)33-17-22)26-19-34(18-24-8-6-7-15-31-24)27-10-5-4-9-25(26)27/h4-17,19-20H,18H2,1-3H3,(H2,30,32,33). The monoisotopic (exact) mass is 447 g/mol. The third-order valence-electron chi connectivity index (χ3n) is 7.05. The maximum atomic E-state index is 5.65. The lowest BCUT2D eigenvalue weighted by Gasteiger charge is -2.35. The molecule has 5 nitrogen and oxygen atoms in total. The van der Waals surface area contributed by atoms with Crippen LogP contribution in [0, 0.1) is 5.92 Å². The number of rotatable bonds is 6. The fourth-order valence-electron chi connectivity index (χ4n) is 4.75. The third kappa shape index (κ3) is 3.83. The van der Waals surface area contributed by atoms with Gasteiger partial charge in [0.05, 0.1) is 12.2 Å². The third-order valence-corrected chi connectivity index (χ3v) is 7.05. The first-order valence-corrected chi connectivity index (χ1v) is 11.6. The molecule has 0 fully saturated rings. The number of hydrogen-bond donors (Lipinski definition) is 1. The van der Waals surface area contributed by atoms with E-state index < -0.39 is 0 Å². The number of aromatic nitrogens is 4. The van der Waals surface area contributed by atoms with Crippen molar-refractivity contribution in [2.75, 3.05) is 5.73 Å². The first-order chi connectivity index (χ1) is 16.5. The summed E-state index contributed by atoms with van der Waals surface area (Å²) < 4.78 is 2.33. The second kappa shape index (κ2) is 8.75. The van der Waals surface area contributed by atoms with E-state index in [1.54, 1.807) is 12.4 Å². The van der Waals surface area contributed by atoms with E-state index in [-0.39, 0.29) is 11.4 Å². The van der Waals surface area contributed by atoms with Crippen LogP contribution < -0.4 is 5.73 Å².